The first-order valence-corrected chi connectivity index (χ1v) is 10.0. The molecule has 0 radical (unpaired) electrons. The lowest BCUT2D eigenvalue weighted by molar-refractivity contribution is 0.102. The molecule has 138 valence electrons. The van der Waals surface area contributed by atoms with Gasteiger partial charge in [0.15, 0.2) is 0 Å². The number of nitrogens with zero attached hydrogens (tertiary/aromatic N) is 2. The van der Waals surface area contributed by atoms with Crippen LogP contribution in [-0.4, -0.2) is 35.1 Å². The molecule has 0 aliphatic heterocycles. The van der Waals surface area contributed by atoms with Gasteiger partial charge in [0.1, 0.15) is 10.7 Å². The quantitative estimate of drug-likeness (QED) is 0.570. The largest absolute Gasteiger partial charge is 0.339 e. The topological polar surface area (TPSA) is 62.3 Å². The maximum atomic E-state index is 12.4. The van der Waals surface area contributed by atoms with Gasteiger partial charge in [0.05, 0.1) is 0 Å². The van der Waals surface area contributed by atoms with E-state index in [0.29, 0.717) is 16.4 Å². The van der Waals surface area contributed by atoms with Gasteiger partial charge in [-0.15, -0.1) is 11.3 Å². The highest BCUT2D eigenvalue weighted by Gasteiger charge is 2.13. The molecule has 3 aromatic rings. The lowest BCUT2D eigenvalue weighted by atomic mass is 10.2. The molecule has 1 heterocycles. The van der Waals surface area contributed by atoms with Crippen molar-refractivity contribution < 1.29 is 9.59 Å². The Labute approximate surface area is 170 Å². The molecule has 0 aliphatic carbocycles. The maximum Gasteiger partial charge on any atom is 0.285 e. The lowest BCUT2D eigenvalue weighted by Gasteiger charge is -2.09. The molecule has 0 saturated carbocycles. The SMILES string of the molecule is CN(C)C(=O)Sc1ccc(NC(=O)c2csc(-c3cccc(Cl)c3)n2)cc1. The van der Waals surface area contributed by atoms with Gasteiger partial charge in [0.25, 0.3) is 11.1 Å². The second-order valence-electron chi connectivity index (χ2n) is 5.79. The zero-order valence-electron chi connectivity index (χ0n) is 14.6. The van der Waals surface area contributed by atoms with Crippen LogP contribution in [0.5, 0.6) is 0 Å². The van der Waals surface area contributed by atoms with Gasteiger partial charge in [-0.1, -0.05) is 23.7 Å². The van der Waals surface area contributed by atoms with E-state index in [1.165, 1.54) is 16.2 Å². The predicted octanol–water partition coefficient (Wildman–Crippen LogP) is 5.49. The number of benzene rings is 2. The van der Waals surface area contributed by atoms with E-state index in [2.05, 4.69) is 10.3 Å². The molecule has 1 aromatic heterocycles. The molecule has 2 amide bonds. The van der Waals surface area contributed by atoms with Crippen LogP contribution in [-0.2, 0) is 0 Å². The van der Waals surface area contributed by atoms with Gasteiger partial charge in [0.2, 0.25) is 0 Å². The fourth-order valence-electron chi connectivity index (χ4n) is 2.13. The fourth-order valence-corrected chi connectivity index (χ4v) is 3.77. The molecule has 0 bridgehead atoms. The highest BCUT2D eigenvalue weighted by molar-refractivity contribution is 8.13. The third kappa shape index (κ3) is 5.09. The molecule has 8 heteroatoms. The Bertz CT molecular complexity index is 971. The van der Waals surface area contributed by atoms with Gasteiger partial charge in [0, 0.05) is 40.6 Å². The number of thiazole rings is 1. The van der Waals surface area contributed by atoms with Crippen LogP contribution in [0.1, 0.15) is 10.5 Å². The molecular formula is C19H16ClN3O2S2. The summed E-state index contributed by atoms with van der Waals surface area (Å²) >= 11 is 8.52. The molecule has 27 heavy (non-hydrogen) atoms. The van der Waals surface area contributed by atoms with E-state index in [1.807, 2.05) is 18.2 Å². The summed E-state index contributed by atoms with van der Waals surface area (Å²) in [5, 5.41) is 5.83. The molecule has 0 atom stereocenters. The van der Waals surface area contributed by atoms with Crippen LogP contribution >= 0.6 is 34.7 Å². The first-order chi connectivity index (χ1) is 12.9. The number of thioether (sulfide) groups is 1. The minimum absolute atomic E-state index is 0.0530. The standard InChI is InChI=1S/C19H16ClN3O2S2/c1-23(2)19(25)27-15-8-6-14(7-9-15)21-17(24)16-11-26-18(22-16)12-4-3-5-13(20)10-12/h3-11H,1-2H3,(H,21,24). The molecule has 1 N–H and O–H groups in total. The summed E-state index contributed by atoms with van der Waals surface area (Å²) < 4.78 is 0. The van der Waals surface area contributed by atoms with E-state index >= 15 is 0 Å². The second-order valence-corrected chi connectivity index (χ2v) is 8.11. The number of rotatable bonds is 4. The van der Waals surface area contributed by atoms with Crippen molar-refractivity contribution in [2.45, 2.75) is 4.90 Å². The molecular weight excluding hydrogens is 402 g/mol. The van der Waals surface area contributed by atoms with Crippen LogP contribution < -0.4 is 5.32 Å². The zero-order chi connectivity index (χ0) is 19.4. The molecule has 0 saturated heterocycles. The molecule has 0 unspecified atom stereocenters. The minimum atomic E-state index is -0.288. The van der Waals surface area contributed by atoms with Gasteiger partial charge >= 0.3 is 0 Å². The average molecular weight is 418 g/mol. The van der Waals surface area contributed by atoms with Crippen molar-refractivity contribution in [1.29, 1.82) is 0 Å². The van der Waals surface area contributed by atoms with Crippen LogP contribution in [0.4, 0.5) is 10.5 Å². The van der Waals surface area contributed by atoms with Gasteiger partial charge in [-0.05, 0) is 48.2 Å². The van der Waals surface area contributed by atoms with Crippen molar-refractivity contribution in [3.05, 3.63) is 64.6 Å². The molecule has 0 spiro atoms. The van der Waals surface area contributed by atoms with Crippen LogP contribution in [0.2, 0.25) is 5.02 Å². The summed E-state index contributed by atoms with van der Waals surface area (Å²) in [6.07, 6.45) is 0. The highest BCUT2D eigenvalue weighted by Crippen LogP contribution is 2.27. The Kier molecular flexibility index (Phi) is 6.15. The second kappa shape index (κ2) is 8.56. The summed E-state index contributed by atoms with van der Waals surface area (Å²) in [5.74, 6) is -0.288. The molecule has 0 fully saturated rings. The van der Waals surface area contributed by atoms with E-state index in [-0.39, 0.29) is 11.1 Å². The molecule has 3 rings (SSSR count). The van der Waals surface area contributed by atoms with Crippen molar-refractivity contribution >= 4 is 51.5 Å². The molecule has 2 aromatic carbocycles. The Hall–Kier alpha value is -2.35. The highest BCUT2D eigenvalue weighted by atomic mass is 35.5. The van der Waals surface area contributed by atoms with E-state index < -0.39 is 0 Å². The van der Waals surface area contributed by atoms with Crippen molar-refractivity contribution in [2.75, 3.05) is 19.4 Å². The number of carbonyl (C=O) groups is 2. The number of nitrogens with one attached hydrogen (secondary N) is 1. The van der Waals surface area contributed by atoms with Crippen LogP contribution in [0.3, 0.4) is 0 Å². The third-order valence-corrected chi connectivity index (χ3v) is 5.66. The normalized spacial score (nSPS) is 10.5. The van der Waals surface area contributed by atoms with Crippen molar-refractivity contribution in [1.82, 2.24) is 9.88 Å². The smallest absolute Gasteiger partial charge is 0.285 e. The van der Waals surface area contributed by atoms with Gasteiger partial charge in [-0.2, -0.15) is 0 Å². The van der Waals surface area contributed by atoms with Crippen molar-refractivity contribution in [3.8, 4) is 10.6 Å². The summed E-state index contributed by atoms with van der Waals surface area (Å²) in [5.41, 5.74) is 1.86. The summed E-state index contributed by atoms with van der Waals surface area (Å²) in [7, 11) is 3.41. The number of hydrogen-bond acceptors (Lipinski definition) is 5. The van der Waals surface area contributed by atoms with E-state index in [1.54, 1.807) is 49.8 Å². The fraction of sp³-hybridized carbons (Fsp3) is 0.105. The van der Waals surface area contributed by atoms with Crippen LogP contribution in [0.15, 0.2) is 58.8 Å². The Balaban J connectivity index is 1.66. The van der Waals surface area contributed by atoms with Gasteiger partial charge < -0.3 is 10.2 Å². The van der Waals surface area contributed by atoms with Crippen molar-refractivity contribution in [2.24, 2.45) is 0 Å². The van der Waals surface area contributed by atoms with Gasteiger partial charge in [-0.3, -0.25) is 9.59 Å². The predicted molar refractivity (Wildman–Crippen MR) is 112 cm³/mol. The Morgan fingerprint density at radius 2 is 1.89 bits per heavy atom. The number of anilines is 1. The van der Waals surface area contributed by atoms with E-state index in [9.17, 15) is 9.59 Å². The monoisotopic (exact) mass is 417 g/mol. The molecule has 0 aliphatic rings. The number of aromatic nitrogens is 1. The number of amides is 2. The van der Waals surface area contributed by atoms with E-state index in [0.717, 1.165) is 27.2 Å². The van der Waals surface area contributed by atoms with Crippen LogP contribution in [0.25, 0.3) is 10.6 Å². The number of hydrogen-bond donors (Lipinski definition) is 1. The zero-order valence-corrected chi connectivity index (χ0v) is 17.0. The van der Waals surface area contributed by atoms with Crippen LogP contribution in [0, 0.1) is 0 Å². The molecule has 5 nitrogen and oxygen atoms in total. The summed E-state index contributed by atoms with van der Waals surface area (Å²) in [6, 6.07) is 14.5. The Morgan fingerprint density at radius 1 is 1.15 bits per heavy atom. The summed E-state index contributed by atoms with van der Waals surface area (Å²) in [6.45, 7) is 0. The average Bonchev–Trinajstić information content (AvgIpc) is 3.13. The number of carbonyl (C=O) groups excluding carboxylic acids is 2. The van der Waals surface area contributed by atoms with Gasteiger partial charge in [-0.25, -0.2) is 4.98 Å². The Morgan fingerprint density at radius 3 is 2.56 bits per heavy atom. The minimum Gasteiger partial charge on any atom is -0.339 e. The maximum absolute atomic E-state index is 12.4. The first kappa shape index (κ1) is 19.4. The number of halogens is 1. The first-order valence-electron chi connectivity index (χ1n) is 7.94. The van der Waals surface area contributed by atoms with Crippen molar-refractivity contribution in [3.63, 3.8) is 0 Å². The lowest BCUT2D eigenvalue weighted by Crippen LogP contribution is -2.16. The summed E-state index contributed by atoms with van der Waals surface area (Å²) in [4.78, 5) is 30.8. The third-order valence-electron chi connectivity index (χ3n) is 3.49. The van der Waals surface area contributed by atoms with E-state index in [4.69, 9.17) is 11.6 Å².